The summed E-state index contributed by atoms with van der Waals surface area (Å²) in [6, 6.07) is -0.0581. The number of ether oxygens (including phenoxy) is 1. The third-order valence-corrected chi connectivity index (χ3v) is 3.05. The van der Waals surface area contributed by atoms with Gasteiger partial charge >= 0.3 is 6.09 Å². The fourth-order valence-corrected chi connectivity index (χ4v) is 2.42. The Labute approximate surface area is 95.8 Å². The molecule has 92 valence electrons. The number of aliphatic hydroxyl groups excluding tert-OH is 1. The van der Waals surface area contributed by atoms with E-state index in [1.807, 2.05) is 20.8 Å². The summed E-state index contributed by atoms with van der Waals surface area (Å²) in [4.78, 5) is 13.7. The minimum Gasteiger partial charge on any atom is -0.444 e. The van der Waals surface area contributed by atoms with Crippen LogP contribution in [0.3, 0.4) is 0 Å². The third-order valence-electron chi connectivity index (χ3n) is 3.05. The first kappa shape index (κ1) is 11.7. The average Bonchev–Trinajstić information content (AvgIpc) is 2.31. The van der Waals surface area contributed by atoms with Crippen molar-refractivity contribution in [2.45, 2.75) is 51.0 Å². The van der Waals surface area contributed by atoms with Crippen molar-refractivity contribution < 1.29 is 14.6 Å². The molecule has 0 aliphatic carbocycles. The molecule has 16 heavy (non-hydrogen) atoms. The lowest BCUT2D eigenvalue weighted by atomic mass is 10.2. The second-order valence-corrected chi connectivity index (χ2v) is 5.57. The maximum Gasteiger partial charge on any atom is 0.410 e. The Kier molecular flexibility index (Phi) is 2.84. The van der Waals surface area contributed by atoms with Gasteiger partial charge in [-0.2, -0.15) is 0 Å². The Balaban J connectivity index is 2.07. The molecule has 5 heteroatoms. The SMILES string of the molecule is CC(C)(C)OC(=O)N1[C@@H]2CNC[C@H]1[C@@H](O)C2. The molecule has 0 unspecified atom stereocenters. The van der Waals surface area contributed by atoms with E-state index in [9.17, 15) is 9.90 Å². The first-order chi connectivity index (χ1) is 7.38. The van der Waals surface area contributed by atoms with Crippen molar-refractivity contribution in [3.63, 3.8) is 0 Å². The van der Waals surface area contributed by atoms with E-state index in [2.05, 4.69) is 5.32 Å². The predicted molar refractivity (Wildman–Crippen MR) is 59.1 cm³/mol. The normalized spacial score (nSPS) is 34.0. The number of nitrogens with zero attached hydrogens (tertiary/aromatic N) is 1. The highest BCUT2D eigenvalue weighted by Gasteiger charge is 2.46. The zero-order chi connectivity index (χ0) is 11.9. The summed E-state index contributed by atoms with van der Waals surface area (Å²) >= 11 is 0. The molecule has 1 amide bonds. The Hall–Kier alpha value is -0.810. The average molecular weight is 228 g/mol. The van der Waals surface area contributed by atoms with Crippen molar-refractivity contribution in [1.82, 2.24) is 10.2 Å². The number of nitrogens with one attached hydrogen (secondary N) is 1. The molecule has 2 N–H and O–H groups in total. The molecule has 0 aromatic heterocycles. The summed E-state index contributed by atoms with van der Waals surface area (Å²) < 4.78 is 5.35. The lowest BCUT2D eigenvalue weighted by Gasteiger charge is -2.36. The fraction of sp³-hybridized carbons (Fsp3) is 0.909. The zero-order valence-corrected chi connectivity index (χ0v) is 10.1. The molecule has 0 aromatic rings. The maximum absolute atomic E-state index is 12.0. The molecular formula is C11H20N2O3. The maximum atomic E-state index is 12.0. The van der Waals surface area contributed by atoms with Crippen LogP contribution in [-0.2, 0) is 4.74 Å². The zero-order valence-electron chi connectivity index (χ0n) is 10.1. The molecule has 2 fully saturated rings. The lowest BCUT2D eigenvalue weighted by molar-refractivity contribution is 0.00361. The molecule has 0 radical (unpaired) electrons. The molecule has 2 aliphatic heterocycles. The first-order valence-electron chi connectivity index (χ1n) is 5.78. The molecule has 0 saturated carbocycles. The van der Waals surface area contributed by atoms with Crippen LogP contribution in [0, 0.1) is 0 Å². The number of aliphatic hydroxyl groups is 1. The topological polar surface area (TPSA) is 61.8 Å². The summed E-state index contributed by atoms with van der Waals surface area (Å²) in [5.41, 5.74) is -0.480. The van der Waals surface area contributed by atoms with Crippen molar-refractivity contribution in [3.05, 3.63) is 0 Å². The van der Waals surface area contributed by atoms with Gasteiger partial charge in [0.1, 0.15) is 5.60 Å². The van der Waals surface area contributed by atoms with Gasteiger partial charge in [-0.1, -0.05) is 0 Å². The minimum absolute atomic E-state index is 0.0728. The molecule has 0 spiro atoms. The van der Waals surface area contributed by atoms with E-state index in [1.165, 1.54) is 0 Å². The number of carbonyl (C=O) groups is 1. The molecule has 2 saturated heterocycles. The summed E-state index contributed by atoms with van der Waals surface area (Å²) in [6.07, 6.45) is -0.0789. The Bertz CT molecular complexity index is 287. The van der Waals surface area contributed by atoms with Gasteiger partial charge in [0, 0.05) is 13.1 Å². The number of rotatable bonds is 0. The van der Waals surface area contributed by atoms with E-state index in [1.54, 1.807) is 4.90 Å². The number of fused-ring (bicyclic) bond motifs is 2. The first-order valence-corrected chi connectivity index (χ1v) is 5.78. The van der Waals surface area contributed by atoms with E-state index in [0.29, 0.717) is 13.0 Å². The van der Waals surface area contributed by atoms with E-state index in [-0.39, 0.29) is 18.2 Å². The second kappa shape index (κ2) is 3.89. The van der Waals surface area contributed by atoms with Gasteiger partial charge < -0.3 is 15.2 Å². The number of carbonyl (C=O) groups excluding carboxylic acids is 1. The Morgan fingerprint density at radius 2 is 2.12 bits per heavy atom. The summed E-state index contributed by atoms with van der Waals surface area (Å²) in [5, 5.41) is 13.0. The van der Waals surface area contributed by atoms with E-state index < -0.39 is 11.7 Å². The molecule has 5 nitrogen and oxygen atoms in total. The summed E-state index contributed by atoms with van der Waals surface area (Å²) in [5.74, 6) is 0. The lowest BCUT2D eigenvalue weighted by Crippen LogP contribution is -2.56. The van der Waals surface area contributed by atoms with Crippen molar-refractivity contribution in [1.29, 1.82) is 0 Å². The summed E-state index contributed by atoms with van der Waals surface area (Å²) in [6.45, 7) is 6.95. The number of piperazine rings is 1. The Morgan fingerprint density at radius 1 is 1.44 bits per heavy atom. The van der Waals surface area contributed by atoms with Gasteiger partial charge in [-0.25, -0.2) is 4.79 Å². The van der Waals surface area contributed by atoms with Gasteiger partial charge in [0.05, 0.1) is 18.2 Å². The fourth-order valence-electron chi connectivity index (χ4n) is 2.42. The van der Waals surface area contributed by atoms with Crippen LogP contribution in [0.2, 0.25) is 0 Å². The number of hydrogen-bond donors (Lipinski definition) is 2. The number of amides is 1. The van der Waals surface area contributed by atoms with Crippen molar-refractivity contribution in [3.8, 4) is 0 Å². The van der Waals surface area contributed by atoms with Crippen LogP contribution in [0.25, 0.3) is 0 Å². The smallest absolute Gasteiger partial charge is 0.410 e. The predicted octanol–water partition coefficient (Wildman–Crippen LogP) is 0.328. The van der Waals surface area contributed by atoms with Crippen LogP contribution in [0.1, 0.15) is 27.2 Å². The van der Waals surface area contributed by atoms with Crippen molar-refractivity contribution in [2.75, 3.05) is 13.1 Å². The van der Waals surface area contributed by atoms with Gasteiger partial charge in [-0.15, -0.1) is 0 Å². The van der Waals surface area contributed by atoms with E-state index in [4.69, 9.17) is 4.74 Å². The highest BCUT2D eigenvalue weighted by molar-refractivity contribution is 5.70. The largest absolute Gasteiger partial charge is 0.444 e. The molecule has 2 aliphatic rings. The van der Waals surface area contributed by atoms with Gasteiger partial charge in [-0.3, -0.25) is 4.90 Å². The molecule has 2 rings (SSSR count). The van der Waals surface area contributed by atoms with Gasteiger partial charge in [0.2, 0.25) is 0 Å². The van der Waals surface area contributed by atoms with Crippen LogP contribution in [-0.4, -0.2) is 53.0 Å². The third kappa shape index (κ3) is 2.15. The highest BCUT2D eigenvalue weighted by Crippen LogP contribution is 2.28. The van der Waals surface area contributed by atoms with E-state index in [0.717, 1.165) is 6.54 Å². The number of hydrogen-bond acceptors (Lipinski definition) is 4. The van der Waals surface area contributed by atoms with Gasteiger partial charge in [0.15, 0.2) is 0 Å². The molecule has 0 aromatic carbocycles. The molecule has 2 heterocycles. The van der Waals surface area contributed by atoms with Gasteiger partial charge in [0.25, 0.3) is 0 Å². The standard InChI is InChI=1S/C11H20N2O3/c1-11(2,3)16-10(15)13-7-4-9(14)8(13)6-12-5-7/h7-9,12,14H,4-6H2,1-3H3/t7-,8-,9-/m0/s1. The molecular weight excluding hydrogens is 208 g/mol. The Morgan fingerprint density at radius 3 is 2.69 bits per heavy atom. The summed E-state index contributed by atoms with van der Waals surface area (Å²) in [7, 11) is 0. The van der Waals surface area contributed by atoms with Crippen LogP contribution in [0.4, 0.5) is 4.79 Å². The van der Waals surface area contributed by atoms with Gasteiger partial charge in [-0.05, 0) is 27.2 Å². The minimum atomic E-state index is -0.480. The second-order valence-electron chi connectivity index (χ2n) is 5.57. The van der Waals surface area contributed by atoms with Crippen LogP contribution in [0.15, 0.2) is 0 Å². The molecule has 3 atom stereocenters. The van der Waals surface area contributed by atoms with Crippen LogP contribution in [0.5, 0.6) is 0 Å². The van der Waals surface area contributed by atoms with Crippen LogP contribution >= 0.6 is 0 Å². The van der Waals surface area contributed by atoms with Crippen molar-refractivity contribution >= 4 is 6.09 Å². The quantitative estimate of drug-likeness (QED) is 0.627. The monoisotopic (exact) mass is 228 g/mol. The highest BCUT2D eigenvalue weighted by atomic mass is 16.6. The van der Waals surface area contributed by atoms with Crippen LogP contribution < -0.4 is 5.32 Å². The van der Waals surface area contributed by atoms with E-state index >= 15 is 0 Å². The molecule has 2 bridgehead atoms. The van der Waals surface area contributed by atoms with Crippen molar-refractivity contribution in [2.24, 2.45) is 0 Å².